The molecule has 168 valence electrons. The average Bonchev–Trinajstić information content (AvgIpc) is 2.68. The fourth-order valence-corrected chi connectivity index (χ4v) is 3.86. The zero-order valence-electron chi connectivity index (χ0n) is 18.7. The van der Waals surface area contributed by atoms with Gasteiger partial charge in [-0.2, -0.15) is 0 Å². The molecule has 0 fully saturated rings. The number of carboxylic acids is 1. The molecule has 0 unspecified atom stereocenters. The van der Waals surface area contributed by atoms with Gasteiger partial charge in [-0.15, -0.1) is 0 Å². The van der Waals surface area contributed by atoms with Crippen molar-refractivity contribution in [2.75, 3.05) is 6.54 Å². The highest BCUT2D eigenvalue weighted by molar-refractivity contribution is 5.66. The van der Waals surface area contributed by atoms with E-state index in [0.717, 1.165) is 19.4 Å². The van der Waals surface area contributed by atoms with Gasteiger partial charge in [-0.1, -0.05) is 122 Å². The summed E-state index contributed by atoms with van der Waals surface area (Å²) in [6, 6.07) is 0. The van der Waals surface area contributed by atoms with Gasteiger partial charge in [0.15, 0.2) is 0 Å². The lowest BCUT2D eigenvalue weighted by Gasteiger charge is -2.04. The first kappa shape index (κ1) is 27.4. The third kappa shape index (κ3) is 25.4. The monoisotopic (exact) mass is 398 g/mol. The molecule has 0 aliphatic rings. The minimum Gasteiger partial charge on any atom is -0.481 e. The third-order valence-electron chi connectivity index (χ3n) is 5.71. The van der Waals surface area contributed by atoms with Gasteiger partial charge in [0.2, 0.25) is 0 Å². The van der Waals surface area contributed by atoms with Crippen LogP contribution in [0.25, 0.3) is 0 Å². The molecule has 0 atom stereocenters. The first-order chi connectivity index (χ1) is 13.8. The summed E-state index contributed by atoms with van der Waals surface area (Å²) in [4.78, 5) is 10.4. The SMILES string of the molecule is NNCCCCCCCCCCCCCCCCCCCCCCCC(=O)O. The molecular weight excluding hydrogens is 348 g/mol. The zero-order chi connectivity index (χ0) is 20.5. The molecule has 0 rings (SSSR count). The number of hydrazine groups is 1. The van der Waals surface area contributed by atoms with Gasteiger partial charge < -0.3 is 5.11 Å². The Bertz CT molecular complexity index is 311. The number of unbranched alkanes of at least 4 members (excludes halogenated alkanes) is 20. The molecule has 0 spiro atoms. The lowest BCUT2D eigenvalue weighted by Crippen LogP contribution is -2.22. The molecule has 0 aromatic heterocycles. The van der Waals surface area contributed by atoms with Gasteiger partial charge in [-0.05, 0) is 12.8 Å². The standard InChI is InChI=1S/C24H50N2O2/c25-26-23-21-19-17-15-13-11-9-7-5-3-1-2-4-6-8-10-12-14-16-18-20-22-24(27)28/h26H,1-23,25H2,(H,27,28). The Kier molecular flexibility index (Phi) is 23.9. The van der Waals surface area contributed by atoms with Crippen LogP contribution in [0, 0.1) is 0 Å². The van der Waals surface area contributed by atoms with Crippen molar-refractivity contribution in [3.8, 4) is 0 Å². The van der Waals surface area contributed by atoms with Crippen LogP contribution in [0.4, 0.5) is 0 Å². The van der Waals surface area contributed by atoms with Crippen molar-refractivity contribution < 1.29 is 9.90 Å². The summed E-state index contributed by atoms with van der Waals surface area (Å²) < 4.78 is 0. The van der Waals surface area contributed by atoms with E-state index in [0.29, 0.717) is 6.42 Å². The maximum Gasteiger partial charge on any atom is 0.303 e. The first-order valence-electron chi connectivity index (χ1n) is 12.4. The van der Waals surface area contributed by atoms with E-state index in [1.807, 2.05) is 0 Å². The number of aliphatic carboxylic acids is 1. The number of carbonyl (C=O) groups is 1. The van der Waals surface area contributed by atoms with Crippen molar-refractivity contribution in [1.82, 2.24) is 5.43 Å². The highest BCUT2D eigenvalue weighted by Crippen LogP contribution is 2.15. The second kappa shape index (κ2) is 24.4. The zero-order valence-corrected chi connectivity index (χ0v) is 18.7. The van der Waals surface area contributed by atoms with Crippen LogP contribution in [0.5, 0.6) is 0 Å². The molecule has 0 heterocycles. The van der Waals surface area contributed by atoms with Crippen LogP contribution in [-0.2, 0) is 4.79 Å². The van der Waals surface area contributed by atoms with E-state index >= 15 is 0 Å². The number of hydrogen-bond donors (Lipinski definition) is 3. The number of nitrogens with one attached hydrogen (secondary N) is 1. The smallest absolute Gasteiger partial charge is 0.303 e. The number of hydrogen-bond acceptors (Lipinski definition) is 3. The van der Waals surface area contributed by atoms with Crippen LogP contribution in [-0.4, -0.2) is 17.6 Å². The number of nitrogens with two attached hydrogens (primary N) is 1. The summed E-state index contributed by atoms with van der Waals surface area (Å²) in [7, 11) is 0. The molecule has 0 radical (unpaired) electrons. The Hall–Kier alpha value is -0.610. The van der Waals surface area contributed by atoms with Gasteiger partial charge in [0, 0.05) is 13.0 Å². The van der Waals surface area contributed by atoms with Crippen molar-refractivity contribution in [1.29, 1.82) is 0 Å². The van der Waals surface area contributed by atoms with Gasteiger partial charge in [0.1, 0.15) is 0 Å². The lowest BCUT2D eigenvalue weighted by molar-refractivity contribution is -0.137. The Morgan fingerprint density at radius 2 is 0.750 bits per heavy atom. The van der Waals surface area contributed by atoms with Crippen LogP contribution in [0.1, 0.15) is 141 Å². The highest BCUT2D eigenvalue weighted by Gasteiger charge is 1.97. The van der Waals surface area contributed by atoms with Crippen LogP contribution in [0.15, 0.2) is 0 Å². The van der Waals surface area contributed by atoms with Gasteiger partial charge in [0.25, 0.3) is 0 Å². The van der Waals surface area contributed by atoms with E-state index in [9.17, 15) is 4.79 Å². The van der Waals surface area contributed by atoms with E-state index in [1.165, 1.54) is 122 Å². The maximum atomic E-state index is 10.4. The van der Waals surface area contributed by atoms with Crippen molar-refractivity contribution in [3.05, 3.63) is 0 Å². The number of carboxylic acid groups (broad SMARTS) is 1. The molecule has 4 N–H and O–H groups in total. The van der Waals surface area contributed by atoms with Gasteiger partial charge in [-0.25, -0.2) is 0 Å². The van der Waals surface area contributed by atoms with Crippen molar-refractivity contribution in [2.45, 2.75) is 141 Å². The summed E-state index contributed by atoms with van der Waals surface area (Å²) in [5.41, 5.74) is 2.72. The van der Waals surface area contributed by atoms with Crippen molar-refractivity contribution >= 4 is 5.97 Å². The Labute approximate surface area is 175 Å². The van der Waals surface area contributed by atoms with E-state index in [1.54, 1.807) is 0 Å². The molecule has 0 aromatic carbocycles. The molecule has 0 aromatic rings. The van der Waals surface area contributed by atoms with Gasteiger partial charge in [-0.3, -0.25) is 16.1 Å². The minimum absolute atomic E-state index is 0.341. The lowest BCUT2D eigenvalue weighted by atomic mass is 10.0. The first-order valence-corrected chi connectivity index (χ1v) is 12.4. The summed E-state index contributed by atoms with van der Waals surface area (Å²) in [5, 5.41) is 8.58. The van der Waals surface area contributed by atoms with E-state index in [-0.39, 0.29) is 0 Å². The van der Waals surface area contributed by atoms with Crippen LogP contribution in [0.2, 0.25) is 0 Å². The molecule has 0 bridgehead atoms. The molecule has 0 saturated carbocycles. The highest BCUT2D eigenvalue weighted by atomic mass is 16.4. The molecule has 0 saturated heterocycles. The van der Waals surface area contributed by atoms with E-state index < -0.39 is 5.97 Å². The molecule has 4 nitrogen and oxygen atoms in total. The quantitative estimate of drug-likeness (QED) is 0.0919. The van der Waals surface area contributed by atoms with E-state index in [2.05, 4.69) is 5.43 Å². The molecule has 4 heteroatoms. The van der Waals surface area contributed by atoms with Gasteiger partial charge in [0.05, 0.1) is 0 Å². The Morgan fingerprint density at radius 3 is 1.00 bits per heavy atom. The van der Waals surface area contributed by atoms with Crippen LogP contribution in [0.3, 0.4) is 0 Å². The second-order valence-corrected chi connectivity index (χ2v) is 8.52. The summed E-state index contributed by atoms with van der Waals surface area (Å²) >= 11 is 0. The van der Waals surface area contributed by atoms with Gasteiger partial charge >= 0.3 is 5.97 Å². The summed E-state index contributed by atoms with van der Waals surface area (Å²) in [6.45, 7) is 0.956. The van der Waals surface area contributed by atoms with Crippen molar-refractivity contribution in [2.24, 2.45) is 5.84 Å². The minimum atomic E-state index is -0.654. The topological polar surface area (TPSA) is 75.3 Å². The average molecular weight is 399 g/mol. The molecule has 0 aliphatic heterocycles. The summed E-state index contributed by atoms with van der Waals surface area (Å²) in [6.07, 6.45) is 28.4. The van der Waals surface area contributed by atoms with Crippen molar-refractivity contribution in [3.63, 3.8) is 0 Å². The van der Waals surface area contributed by atoms with Crippen LogP contribution >= 0.6 is 0 Å². The molecule has 28 heavy (non-hydrogen) atoms. The van der Waals surface area contributed by atoms with Crippen LogP contribution < -0.4 is 11.3 Å². The number of rotatable bonds is 24. The largest absolute Gasteiger partial charge is 0.481 e. The predicted octanol–water partition coefficient (Wildman–Crippen LogP) is 7.12. The molecule has 0 amide bonds. The third-order valence-corrected chi connectivity index (χ3v) is 5.71. The fourth-order valence-electron chi connectivity index (χ4n) is 3.86. The molecule has 0 aliphatic carbocycles. The maximum absolute atomic E-state index is 10.4. The Balaban J connectivity index is 2.99. The second-order valence-electron chi connectivity index (χ2n) is 8.52. The molecular formula is C24H50N2O2. The summed E-state index contributed by atoms with van der Waals surface area (Å²) in [5.74, 6) is 4.61. The fraction of sp³-hybridized carbons (Fsp3) is 0.958. The predicted molar refractivity (Wildman–Crippen MR) is 121 cm³/mol. The van der Waals surface area contributed by atoms with E-state index in [4.69, 9.17) is 10.9 Å². The normalized spacial score (nSPS) is 11.2. The Morgan fingerprint density at radius 1 is 0.500 bits per heavy atom.